The highest BCUT2D eigenvalue weighted by molar-refractivity contribution is 6.33. The number of hydrogen-bond donors (Lipinski definition) is 0. The minimum Gasteiger partial charge on any atom is -0.497 e. The molecule has 0 N–H and O–H groups in total. The zero-order valence-corrected chi connectivity index (χ0v) is 12.8. The normalized spacial score (nSPS) is 11.0. The van der Waals surface area contributed by atoms with Crippen molar-refractivity contribution in [2.45, 2.75) is 20.4 Å². The van der Waals surface area contributed by atoms with Gasteiger partial charge in [0.25, 0.3) is 0 Å². The summed E-state index contributed by atoms with van der Waals surface area (Å²) >= 11 is 6.26. The van der Waals surface area contributed by atoms with E-state index in [1.807, 2.05) is 42.7 Å². The lowest BCUT2D eigenvalue weighted by molar-refractivity contribution is 0.414. The van der Waals surface area contributed by atoms with E-state index in [2.05, 4.69) is 15.0 Å². The molecule has 3 rings (SSSR count). The van der Waals surface area contributed by atoms with E-state index in [9.17, 15) is 0 Å². The largest absolute Gasteiger partial charge is 0.497 e. The lowest BCUT2D eigenvalue weighted by Gasteiger charge is -2.08. The minimum absolute atomic E-state index is 0.437. The Bertz CT molecular complexity index is 796. The highest BCUT2D eigenvalue weighted by atomic mass is 35.5. The molecule has 0 saturated heterocycles. The standard InChI is InChI=1S/C15H15ClN4O/c1-9-17-14(16)13-15(18-9)19-10(2)20(13)8-11-4-6-12(21-3)7-5-11/h4-7H,8H2,1-3H3. The van der Waals surface area contributed by atoms with Gasteiger partial charge in [0.1, 0.15) is 22.9 Å². The van der Waals surface area contributed by atoms with Gasteiger partial charge in [-0.2, -0.15) is 0 Å². The predicted molar refractivity (Wildman–Crippen MR) is 81.9 cm³/mol. The summed E-state index contributed by atoms with van der Waals surface area (Å²) in [5.41, 5.74) is 2.55. The van der Waals surface area contributed by atoms with Crippen LogP contribution in [0.2, 0.25) is 5.15 Å². The second-order valence-corrected chi connectivity index (χ2v) is 5.19. The smallest absolute Gasteiger partial charge is 0.182 e. The van der Waals surface area contributed by atoms with Gasteiger partial charge in [-0.3, -0.25) is 0 Å². The number of aryl methyl sites for hydroxylation is 2. The molecule has 5 nitrogen and oxygen atoms in total. The molecule has 0 bridgehead atoms. The molecule has 3 aromatic rings. The molecule has 2 aromatic heterocycles. The van der Waals surface area contributed by atoms with Crippen LogP contribution in [0.5, 0.6) is 5.75 Å². The van der Waals surface area contributed by atoms with Crippen LogP contribution in [-0.4, -0.2) is 26.6 Å². The molecule has 0 atom stereocenters. The number of benzene rings is 1. The van der Waals surface area contributed by atoms with Crippen LogP contribution in [0.25, 0.3) is 11.2 Å². The molecule has 108 valence electrons. The third kappa shape index (κ3) is 2.56. The second kappa shape index (κ2) is 5.33. The summed E-state index contributed by atoms with van der Waals surface area (Å²) in [4.78, 5) is 13.0. The monoisotopic (exact) mass is 302 g/mol. The van der Waals surface area contributed by atoms with Crippen molar-refractivity contribution in [1.29, 1.82) is 0 Å². The second-order valence-electron chi connectivity index (χ2n) is 4.83. The molecule has 0 saturated carbocycles. The molecule has 0 aliphatic rings. The molecule has 1 aromatic carbocycles. The van der Waals surface area contributed by atoms with E-state index in [1.54, 1.807) is 7.11 Å². The van der Waals surface area contributed by atoms with Crippen molar-refractivity contribution in [2.75, 3.05) is 7.11 Å². The van der Waals surface area contributed by atoms with Gasteiger partial charge in [0.2, 0.25) is 0 Å². The fraction of sp³-hybridized carbons (Fsp3) is 0.267. The summed E-state index contributed by atoms with van der Waals surface area (Å²) in [6.07, 6.45) is 0. The molecule has 6 heteroatoms. The molecule has 0 spiro atoms. The lowest BCUT2D eigenvalue weighted by Crippen LogP contribution is -2.03. The van der Waals surface area contributed by atoms with E-state index in [1.165, 1.54) is 0 Å². The first-order valence-electron chi connectivity index (χ1n) is 6.58. The van der Waals surface area contributed by atoms with E-state index in [0.717, 1.165) is 22.7 Å². The topological polar surface area (TPSA) is 52.8 Å². The van der Waals surface area contributed by atoms with E-state index >= 15 is 0 Å². The zero-order chi connectivity index (χ0) is 15.0. The van der Waals surface area contributed by atoms with Gasteiger partial charge in [0.05, 0.1) is 7.11 Å². The van der Waals surface area contributed by atoms with Crippen LogP contribution in [-0.2, 0) is 6.54 Å². The summed E-state index contributed by atoms with van der Waals surface area (Å²) in [6.45, 7) is 4.42. The molecule has 21 heavy (non-hydrogen) atoms. The van der Waals surface area contributed by atoms with Gasteiger partial charge >= 0.3 is 0 Å². The lowest BCUT2D eigenvalue weighted by atomic mass is 10.2. The molecule has 0 amide bonds. The SMILES string of the molecule is COc1ccc(Cn2c(C)nc3nc(C)nc(Cl)c32)cc1. The van der Waals surface area contributed by atoms with E-state index < -0.39 is 0 Å². The van der Waals surface area contributed by atoms with Crippen LogP contribution < -0.4 is 4.74 Å². The van der Waals surface area contributed by atoms with Crippen LogP contribution in [0.4, 0.5) is 0 Å². The third-order valence-corrected chi connectivity index (χ3v) is 3.63. The fourth-order valence-electron chi connectivity index (χ4n) is 2.31. The zero-order valence-electron chi connectivity index (χ0n) is 12.1. The molecular formula is C15H15ClN4O. The summed E-state index contributed by atoms with van der Waals surface area (Å²) in [5.74, 6) is 2.33. The summed E-state index contributed by atoms with van der Waals surface area (Å²) in [7, 11) is 1.65. The maximum absolute atomic E-state index is 6.26. The van der Waals surface area contributed by atoms with E-state index in [-0.39, 0.29) is 0 Å². The number of ether oxygens (including phenoxy) is 1. The number of nitrogens with zero attached hydrogens (tertiary/aromatic N) is 4. The molecular weight excluding hydrogens is 288 g/mol. The first-order valence-corrected chi connectivity index (χ1v) is 6.96. The van der Waals surface area contributed by atoms with Gasteiger partial charge in [-0.1, -0.05) is 23.7 Å². The molecule has 2 heterocycles. The Morgan fingerprint density at radius 3 is 2.48 bits per heavy atom. The summed E-state index contributed by atoms with van der Waals surface area (Å²) < 4.78 is 7.20. The Labute approximate surface area is 127 Å². The van der Waals surface area contributed by atoms with Crippen LogP contribution in [0, 0.1) is 13.8 Å². The average Bonchev–Trinajstić information content (AvgIpc) is 2.76. The van der Waals surface area contributed by atoms with E-state index in [0.29, 0.717) is 23.2 Å². The Hall–Kier alpha value is -2.14. The Kier molecular flexibility index (Phi) is 3.51. The van der Waals surface area contributed by atoms with Gasteiger partial charge < -0.3 is 9.30 Å². The Morgan fingerprint density at radius 2 is 1.81 bits per heavy atom. The summed E-state index contributed by atoms with van der Waals surface area (Å²) in [5, 5.41) is 0.437. The van der Waals surface area contributed by atoms with Crippen LogP contribution >= 0.6 is 11.6 Å². The van der Waals surface area contributed by atoms with Crippen molar-refractivity contribution in [3.63, 3.8) is 0 Å². The highest BCUT2D eigenvalue weighted by Crippen LogP contribution is 2.23. The van der Waals surface area contributed by atoms with Crippen molar-refractivity contribution in [1.82, 2.24) is 19.5 Å². The number of imidazole rings is 1. The highest BCUT2D eigenvalue weighted by Gasteiger charge is 2.14. The minimum atomic E-state index is 0.437. The molecule has 0 fully saturated rings. The predicted octanol–water partition coefficient (Wildman–Crippen LogP) is 3.15. The Balaban J connectivity index is 2.05. The molecule has 0 unspecified atom stereocenters. The number of hydrogen-bond acceptors (Lipinski definition) is 4. The van der Waals surface area contributed by atoms with Crippen molar-refractivity contribution >= 4 is 22.8 Å². The van der Waals surface area contributed by atoms with Crippen molar-refractivity contribution in [3.05, 3.63) is 46.6 Å². The first kappa shape index (κ1) is 13.8. The maximum atomic E-state index is 6.26. The number of aromatic nitrogens is 4. The summed E-state index contributed by atoms with van der Waals surface area (Å²) in [6, 6.07) is 7.91. The molecule has 0 aliphatic carbocycles. The number of halogens is 1. The van der Waals surface area contributed by atoms with Crippen molar-refractivity contribution in [2.24, 2.45) is 0 Å². The molecule has 0 radical (unpaired) electrons. The van der Waals surface area contributed by atoms with Crippen molar-refractivity contribution < 1.29 is 4.74 Å². The van der Waals surface area contributed by atoms with Gasteiger partial charge in [-0.15, -0.1) is 0 Å². The van der Waals surface area contributed by atoms with Gasteiger partial charge in [0.15, 0.2) is 10.8 Å². The van der Waals surface area contributed by atoms with Gasteiger partial charge in [0, 0.05) is 6.54 Å². The number of methoxy groups -OCH3 is 1. The van der Waals surface area contributed by atoms with E-state index in [4.69, 9.17) is 16.3 Å². The Morgan fingerprint density at radius 1 is 1.10 bits per heavy atom. The van der Waals surface area contributed by atoms with Gasteiger partial charge in [-0.25, -0.2) is 15.0 Å². The number of fused-ring (bicyclic) bond motifs is 1. The maximum Gasteiger partial charge on any atom is 0.182 e. The van der Waals surface area contributed by atoms with Crippen LogP contribution in [0.3, 0.4) is 0 Å². The molecule has 0 aliphatic heterocycles. The van der Waals surface area contributed by atoms with Crippen molar-refractivity contribution in [3.8, 4) is 5.75 Å². The number of rotatable bonds is 3. The average molecular weight is 303 g/mol. The first-order chi connectivity index (χ1) is 10.1. The van der Waals surface area contributed by atoms with Crippen LogP contribution in [0.15, 0.2) is 24.3 Å². The van der Waals surface area contributed by atoms with Gasteiger partial charge in [-0.05, 0) is 31.5 Å². The third-order valence-electron chi connectivity index (χ3n) is 3.36. The van der Waals surface area contributed by atoms with Crippen LogP contribution in [0.1, 0.15) is 17.2 Å². The quantitative estimate of drug-likeness (QED) is 0.697. The fourth-order valence-corrected chi connectivity index (χ4v) is 2.62.